The van der Waals surface area contributed by atoms with Crippen molar-refractivity contribution >= 4 is 11.9 Å². The molecule has 1 aromatic carbocycles. The minimum atomic E-state index is -0.261. The van der Waals surface area contributed by atoms with Gasteiger partial charge in [-0.05, 0) is 42.9 Å². The number of hydrogen-bond acceptors (Lipinski definition) is 6. The Balaban J connectivity index is 1.49. The summed E-state index contributed by atoms with van der Waals surface area (Å²) in [5, 5.41) is 0. The van der Waals surface area contributed by atoms with Gasteiger partial charge in [-0.1, -0.05) is 26.0 Å². The van der Waals surface area contributed by atoms with E-state index in [2.05, 4.69) is 29.7 Å². The Labute approximate surface area is 189 Å². The van der Waals surface area contributed by atoms with Gasteiger partial charge in [0, 0.05) is 50.9 Å². The number of nitrogens with one attached hydrogen (secondary N) is 2. The van der Waals surface area contributed by atoms with E-state index in [1.165, 1.54) is 12.1 Å². The van der Waals surface area contributed by atoms with Gasteiger partial charge in [0.2, 0.25) is 11.9 Å². The average Bonchev–Trinajstić information content (AvgIpc) is 3.30. The van der Waals surface area contributed by atoms with Crippen molar-refractivity contribution in [2.24, 2.45) is 5.92 Å². The summed E-state index contributed by atoms with van der Waals surface area (Å²) in [6.45, 7) is 5.75. The zero-order chi connectivity index (χ0) is 22.8. The number of nitrogens with zero attached hydrogens (tertiary/aromatic N) is 4. The van der Waals surface area contributed by atoms with E-state index in [0.29, 0.717) is 31.0 Å². The number of carbonyl (C=O) groups is 1. The Bertz CT molecular complexity index is 940. The van der Waals surface area contributed by atoms with E-state index in [0.717, 1.165) is 36.1 Å². The predicted octanol–water partition coefficient (Wildman–Crippen LogP) is 2.95. The number of hydrogen-bond donors (Lipinski definition) is 2. The van der Waals surface area contributed by atoms with Gasteiger partial charge in [-0.25, -0.2) is 19.8 Å². The molecule has 2 aromatic rings. The molecule has 2 N–H and O–H groups in total. The Kier molecular flexibility index (Phi) is 6.71. The molecule has 1 aromatic heterocycles. The van der Waals surface area contributed by atoms with Crippen LogP contribution in [0.4, 0.5) is 10.3 Å². The zero-order valence-electron chi connectivity index (χ0n) is 19.3. The second-order valence-corrected chi connectivity index (χ2v) is 9.40. The van der Waals surface area contributed by atoms with Gasteiger partial charge in [-0.2, -0.15) is 0 Å². The van der Waals surface area contributed by atoms with Gasteiger partial charge < -0.3 is 9.80 Å². The van der Waals surface area contributed by atoms with Crippen molar-refractivity contribution in [3.63, 3.8) is 0 Å². The largest absolute Gasteiger partial charge is 0.347 e. The van der Waals surface area contributed by atoms with Crippen LogP contribution in [0.2, 0.25) is 0 Å². The second-order valence-electron chi connectivity index (χ2n) is 9.40. The molecule has 2 fully saturated rings. The fraction of sp³-hybridized carbons (Fsp3) is 0.542. The molecule has 2 aliphatic heterocycles. The summed E-state index contributed by atoms with van der Waals surface area (Å²) in [5.74, 6) is 1.28. The lowest BCUT2D eigenvalue weighted by atomic mass is 9.88. The normalized spacial score (nSPS) is 21.9. The highest BCUT2D eigenvalue weighted by atomic mass is 19.1. The molecule has 4 rings (SSSR count). The molecule has 0 saturated carbocycles. The Morgan fingerprint density at radius 1 is 1.16 bits per heavy atom. The molecular formula is C24H33FN6O. The summed E-state index contributed by atoms with van der Waals surface area (Å²) < 4.78 is 13.5. The van der Waals surface area contributed by atoms with Crippen LogP contribution >= 0.6 is 0 Å². The number of likely N-dealkylation sites (tertiary alicyclic amines) is 1. The summed E-state index contributed by atoms with van der Waals surface area (Å²) in [6, 6.07) is 6.64. The van der Waals surface area contributed by atoms with Crippen LogP contribution in [0.25, 0.3) is 11.1 Å². The molecule has 2 atom stereocenters. The summed E-state index contributed by atoms with van der Waals surface area (Å²) >= 11 is 0. The molecule has 0 aliphatic carbocycles. The van der Waals surface area contributed by atoms with Crippen molar-refractivity contribution in [1.29, 1.82) is 0 Å². The minimum Gasteiger partial charge on any atom is -0.347 e. The van der Waals surface area contributed by atoms with E-state index in [1.54, 1.807) is 12.1 Å². The number of hydrazine groups is 1. The summed E-state index contributed by atoms with van der Waals surface area (Å²) in [6.07, 6.45) is 4.35. The van der Waals surface area contributed by atoms with Crippen LogP contribution in [0, 0.1) is 11.7 Å². The van der Waals surface area contributed by atoms with E-state index in [1.807, 2.05) is 30.1 Å². The van der Waals surface area contributed by atoms with Crippen molar-refractivity contribution in [3.8, 4) is 11.1 Å². The van der Waals surface area contributed by atoms with Gasteiger partial charge >= 0.3 is 0 Å². The highest BCUT2D eigenvalue weighted by Crippen LogP contribution is 2.35. The molecule has 7 nitrogen and oxygen atoms in total. The quantitative estimate of drug-likeness (QED) is 0.745. The highest BCUT2D eigenvalue weighted by molar-refractivity contribution is 5.82. The maximum atomic E-state index is 13.5. The number of anilines is 1. The van der Waals surface area contributed by atoms with E-state index in [-0.39, 0.29) is 23.7 Å². The Morgan fingerprint density at radius 3 is 2.44 bits per heavy atom. The molecule has 32 heavy (non-hydrogen) atoms. The molecule has 2 unspecified atom stereocenters. The zero-order valence-corrected chi connectivity index (χ0v) is 19.3. The van der Waals surface area contributed by atoms with E-state index in [9.17, 15) is 9.18 Å². The van der Waals surface area contributed by atoms with Gasteiger partial charge in [-0.3, -0.25) is 10.2 Å². The molecule has 8 heteroatoms. The molecular weight excluding hydrogens is 407 g/mol. The third-order valence-electron chi connectivity index (χ3n) is 6.59. The summed E-state index contributed by atoms with van der Waals surface area (Å²) in [7, 11) is 3.84. The number of carbonyl (C=O) groups excluding carboxylic acids is 1. The lowest BCUT2D eigenvalue weighted by Gasteiger charge is -2.34. The number of amides is 1. The van der Waals surface area contributed by atoms with Crippen LogP contribution < -0.4 is 15.8 Å². The topological polar surface area (TPSA) is 73.4 Å². The third-order valence-corrected chi connectivity index (χ3v) is 6.59. The maximum absolute atomic E-state index is 13.5. The van der Waals surface area contributed by atoms with Crippen molar-refractivity contribution in [2.45, 2.75) is 51.1 Å². The number of rotatable bonds is 5. The van der Waals surface area contributed by atoms with E-state index >= 15 is 0 Å². The number of aromatic nitrogens is 2. The van der Waals surface area contributed by atoms with Crippen LogP contribution in [0.5, 0.6) is 0 Å². The van der Waals surface area contributed by atoms with Crippen LogP contribution in [0.15, 0.2) is 30.5 Å². The van der Waals surface area contributed by atoms with Crippen molar-refractivity contribution in [2.75, 3.05) is 32.1 Å². The smallest absolute Gasteiger partial charge is 0.241 e. The molecule has 1 amide bonds. The minimum absolute atomic E-state index is 0.159. The first-order chi connectivity index (χ1) is 15.3. The monoisotopic (exact) mass is 440 g/mol. The van der Waals surface area contributed by atoms with E-state index in [4.69, 9.17) is 4.98 Å². The van der Waals surface area contributed by atoms with Crippen molar-refractivity contribution < 1.29 is 9.18 Å². The van der Waals surface area contributed by atoms with Gasteiger partial charge in [0.25, 0.3) is 0 Å². The van der Waals surface area contributed by atoms with Crippen LogP contribution in [-0.2, 0) is 4.79 Å². The molecule has 172 valence electrons. The first kappa shape index (κ1) is 22.6. The molecule has 0 radical (unpaired) electrons. The predicted molar refractivity (Wildman–Crippen MR) is 124 cm³/mol. The molecule has 2 aliphatic rings. The molecule has 3 heterocycles. The second kappa shape index (κ2) is 9.50. The molecule has 2 saturated heterocycles. The summed E-state index contributed by atoms with van der Waals surface area (Å²) in [4.78, 5) is 26.3. The molecule has 0 bridgehead atoms. The first-order valence-electron chi connectivity index (χ1n) is 11.4. The van der Waals surface area contributed by atoms with Crippen molar-refractivity contribution in [3.05, 3.63) is 42.0 Å². The highest BCUT2D eigenvalue weighted by Gasteiger charge is 2.35. The fourth-order valence-electron chi connectivity index (χ4n) is 4.54. The SMILES string of the molecule is CC(C)C1CC(C(=O)N2CCC(c3nc(N(C)C)ncc3-c3ccc(F)cc3)CC2)NN1. The first-order valence-corrected chi connectivity index (χ1v) is 11.4. The Morgan fingerprint density at radius 2 is 1.84 bits per heavy atom. The fourth-order valence-corrected chi connectivity index (χ4v) is 4.54. The van der Waals surface area contributed by atoms with Crippen LogP contribution in [-0.4, -0.2) is 60.0 Å². The number of benzene rings is 1. The van der Waals surface area contributed by atoms with Gasteiger partial charge in [0.05, 0.1) is 5.69 Å². The van der Waals surface area contributed by atoms with Crippen molar-refractivity contribution in [1.82, 2.24) is 25.7 Å². The van der Waals surface area contributed by atoms with E-state index < -0.39 is 0 Å². The number of halogens is 1. The lowest BCUT2D eigenvalue weighted by molar-refractivity contribution is -0.134. The van der Waals surface area contributed by atoms with Gasteiger partial charge in [-0.15, -0.1) is 0 Å². The standard InChI is InChI=1S/C24H33FN6O/c1-15(2)20-13-21(29-28-20)23(32)31-11-9-17(10-12-31)22-19(14-26-24(27-22)30(3)4)16-5-7-18(25)8-6-16/h5-8,14-15,17,20-21,28-29H,9-13H2,1-4H3. The van der Waals surface area contributed by atoms with Gasteiger partial charge in [0.1, 0.15) is 11.9 Å². The third kappa shape index (κ3) is 4.76. The summed E-state index contributed by atoms with van der Waals surface area (Å²) in [5.41, 5.74) is 9.26. The van der Waals surface area contributed by atoms with Gasteiger partial charge in [0.15, 0.2) is 0 Å². The number of piperidine rings is 1. The molecule has 0 spiro atoms. The Hall–Kier alpha value is -2.58. The van der Waals surface area contributed by atoms with Crippen LogP contribution in [0.1, 0.15) is 44.7 Å². The maximum Gasteiger partial charge on any atom is 0.241 e. The van der Waals surface area contributed by atoms with Crippen LogP contribution in [0.3, 0.4) is 0 Å². The lowest BCUT2D eigenvalue weighted by Crippen LogP contribution is -2.48. The average molecular weight is 441 g/mol.